The first-order valence-corrected chi connectivity index (χ1v) is 36.7. The van der Waals surface area contributed by atoms with Crippen molar-refractivity contribution in [3.8, 4) is 0 Å². The summed E-state index contributed by atoms with van der Waals surface area (Å²) in [6.45, 7) is 36.2. The van der Waals surface area contributed by atoms with E-state index in [1.807, 2.05) is 69.2 Å². The molecule has 100 heavy (non-hydrogen) atoms. The Kier molecular flexibility index (Phi) is 27.0. The smallest absolute Gasteiger partial charge is 0.351 e. The van der Waals surface area contributed by atoms with Gasteiger partial charge in [0.05, 0.1) is 96.7 Å². The van der Waals surface area contributed by atoms with Gasteiger partial charge >= 0.3 is 11.9 Å². The van der Waals surface area contributed by atoms with Crippen molar-refractivity contribution in [1.29, 1.82) is 0 Å². The number of hydrogen-bond donors (Lipinski definition) is 8. The number of carbonyl (C=O) groups is 6. The van der Waals surface area contributed by atoms with Crippen molar-refractivity contribution in [2.24, 2.45) is 47.3 Å². The zero-order valence-electron chi connectivity index (χ0n) is 62.5. The quantitative estimate of drug-likeness (QED) is 0.0269. The minimum atomic E-state index is -1.90. The van der Waals surface area contributed by atoms with Gasteiger partial charge in [0.1, 0.15) is 33.6 Å². The molecule has 0 radical (unpaired) electrons. The van der Waals surface area contributed by atoms with Gasteiger partial charge in [-0.25, -0.2) is 9.59 Å². The first kappa shape index (κ1) is 82.9. The van der Waals surface area contributed by atoms with E-state index in [1.54, 1.807) is 41.9 Å². The third-order valence-corrected chi connectivity index (χ3v) is 25.1. The van der Waals surface area contributed by atoms with Crippen LogP contribution < -0.4 is 0 Å². The van der Waals surface area contributed by atoms with Crippen molar-refractivity contribution in [3.05, 3.63) is 47.3 Å². The molecule has 0 saturated carbocycles. The van der Waals surface area contributed by atoms with E-state index in [2.05, 4.69) is 13.2 Å². The largest absolute Gasteiger partial charge is 0.504 e. The number of aliphatic hydroxyl groups excluding tert-OH is 4. The second kappa shape index (κ2) is 32.5. The zero-order chi connectivity index (χ0) is 75.0. The molecule has 0 aliphatic carbocycles. The lowest BCUT2D eigenvalue weighted by atomic mass is 9.73. The highest BCUT2D eigenvalue weighted by Gasteiger charge is 2.60. The average Bonchev–Trinajstić information content (AvgIpc) is 1.55. The summed E-state index contributed by atoms with van der Waals surface area (Å²) in [6.07, 6.45) is -2.17. The van der Waals surface area contributed by atoms with E-state index in [0.717, 1.165) is 0 Å². The molecule has 8 rings (SSSR count). The molecule has 8 heterocycles. The Morgan fingerprint density at radius 2 is 0.880 bits per heavy atom. The Labute approximate surface area is 591 Å². The van der Waals surface area contributed by atoms with Crippen LogP contribution in [0.4, 0.5) is 0 Å². The molecule has 0 aromatic carbocycles. The van der Waals surface area contributed by atoms with Crippen LogP contribution in [0, 0.1) is 47.3 Å². The topological polar surface area (TPSA) is 357 Å². The molecule has 0 aromatic heterocycles. The first-order chi connectivity index (χ1) is 46.6. The molecule has 0 aromatic rings. The molecule has 8 aliphatic heterocycles. The highest BCUT2D eigenvalue weighted by atomic mass is 16.6. The summed E-state index contributed by atoms with van der Waals surface area (Å²) in [5.41, 5.74) is -8.48. The van der Waals surface area contributed by atoms with Crippen molar-refractivity contribution in [2.75, 3.05) is 14.2 Å². The fourth-order valence-corrected chi connectivity index (χ4v) is 17.8. The summed E-state index contributed by atoms with van der Waals surface area (Å²) in [5, 5.41) is 90.0. The van der Waals surface area contributed by atoms with Gasteiger partial charge in [0.15, 0.2) is 46.2 Å². The minimum absolute atomic E-state index is 0.0243. The molecule has 8 N–H and O–H groups in total. The number of ether oxygens (including phenoxy) is 10. The van der Waals surface area contributed by atoms with E-state index in [4.69, 9.17) is 47.4 Å². The minimum Gasteiger partial charge on any atom is -0.504 e. The predicted octanol–water partition coefficient (Wildman–Crippen LogP) is 8.53. The van der Waals surface area contributed by atoms with Crippen LogP contribution in [-0.2, 0) is 76.1 Å². The van der Waals surface area contributed by atoms with E-state index in [1.165, 1.54) is 13.8 Å². The summed E-state index contributed by atoms with van der Waals surface area (Å²) in [6, 6.07) is 0. The fraction of sp³-hybridized carbons (Fsp3) is 0.816. The molecular weight excluding hydrogens is 1300 g/mol. The first-order valence-electron chi connectivity index (χ1n) is 36.7. The van der Waals surface area contributed by atoms with Gasteiger partial charge in [-0.05, 0) is 155 Å². The number of carbonyl (C=O) groups excluding carboxylic acids is 6. The molecule has 0 amide bonds. The number of methoxy groups -OCH3 is 2. The zero-order valence-corrected chi connectivity index (χ0v) is 62.5. The highest BCUT2D eigenvalue weighted by molar-refractivity contribution is 6.20. The van der Waals surface area contributed by atoms with E-state index < -0.39 is 188 Å². The fourth-order valence-electron chi connectivity index (χ4n) is 17.8. The molecule has 0 bridgehead atoms. The number of rotatable bonds is 28. The Morgan fingerprint density at radius 3 is 1.15 bits per heavy atom. The molecule has 0 spiro atoms. The Hall–Kier alpha value is -4.38. The van der Waals surface area contributed by atoms with Crippen molar-refractivity contribution in [3.63, 3.8) is 0 Å². The van der Waals surface area contributed by atoms with Crippen molar-refractivity contribution in [1.82, 2.24) is 0 Å². The van der Waals surface area contributed by atoms with E-state index >= 15 is 0 Å². The van der Waals surface area contributed by atoms with Crippen molar-refractivity contribution >= 4 is 35.1 Å². The van der Waals surface area contributed by atoms with E-state index in [0.29, 0.717) is 77.0 Å². The van der Waals surface area contributed by atoms with Gasteiger partial charge in [0, 0.05) is 50.7 Å². The summed E-state index contributed by atoms with van der Waals surface area (Å²) >= 11 is 0. The molecule has 24 nitrogen and oxygen atoms in total. The highest BCUT2D eigenvalue weighted by Crippen LogP contribution is 2.50. The van der Waals surface area contributed by atoms with Gasteiger partial charge in [-0.1, -0.05) is 82.4 Å². The van der Waals surface area contributed by atoms with E-state index in [-0.39, 0.29) is 73.1 Å². The lowest BCUT2D eigenvalue weighted by molar-refractivity contribution is -0.255. The molecule has 28 atom stereocenters. The van der Waals surface area contributed by atoms with E-state index in [9.17, 15) is 69.6 Å². The number of cyclic esters (lactones) is 2. The normalized spacial score (nSPS) is 38.7. The maximum atomic E-state index is 14.2. The van der Waals surface area contributed by atoms with Gasteiger partial charge in [0.25, 0.3) is 0 Å². The van der Waals surface area contributed by atoms with Crippen LogP contribution in [0.2, 0.25) is 0 Å². The molecule has 24 heteroatoms. The summed E-state index contributed by atoms with van der Waals surface area (Å²) in [7, 11) is 3.12. The standard InChI is InChI=1S/2C38H60O12/c2*1-11-25(31(40)21(5)33-20(4)17-19(3)27(49-33)18-26(39)30-32(41)22(6)47-35(30)43)34(42)36(9,44)28-13-15-37(12-2,50-28)29-14-16-38(45,23(7)46-10)24(8)48-29/h2*19-21,23-25,27-29,31,33,40-41,44-45H,6,11-18H2,1-5,7-10H3/t19-,20-,21?,23?,24+,25?,27-,28-,29-,31?,33+,36?,37-,38?;19-,20-,21+,23+,24+,25-,27-,28-,29-,31?,33+,36+,37-,38+/m00/s1. The number of hydrogen-bond acceptors (Lipinski definition) is 24. The molecule has 568 valence electrons. The van der Waals surface area contributed by atoms with Crippen LogP contribution in [0.15, 0.2) is 47.3 Å². The number of esters is 2. The van der Waals surface area contributed by atoms with Gasteiger partial charge in [0.2, 0.25) is 0 Å². The SMILES string of the molecule is C=C1OC(=O)C(C(=O)C[C@@H]2O[C@@H](C(C)C(O)C(CC)C(=O)C(C)(O)[C@@H]3CC[C@@](CC)([C@@H]4CCC(O)(C(C)OC)[C@@H](C)O4)O3)[C@@H](C)C[C@@H]2C)=C1O.C=C1OC(=O)C(C(=O)C[C@@H]2O[C@@H]([C@H](C)C(O)[C@H](CC)C(=O)[C@](C)(O)[C@@H]3CC[C@@](CC)([C@@H]4CC[C@@](O)([C@@H](C)OC)[C@@H](C)O4)O3)[C@@H](C)C[C@@H]2C)=C1O. The molecule has 6 fully saturated rings. The summed E-state index contributed by atoms with van der Waals surface area (Å²) in [4.78, 5) is 78.8. The van der Waals surface area contributed by atoms with Crippen LogP contribution in [0.3, 0.4) is 0 Å². The molecule has 8 aliphatic rings. The number of aliphatic hydroxyl groups is 8. The van der Waals surface area contributed by atoms with Gasteiger partial charge in [-0.3, -0.25) is 19.2 Å². The van der Waals surface area contributed by atoms with Crippen LogP contribution in [0.25, 0.3) is 0 Å². The number of ketones is 4. The summed E-state index contributed by atoms with van der Waals surface area (Å²) in [5.74, 6) is -8.93. The summed E-state index contributed by atoms with van der Waals surface area (Å²) < 4.78 is 59.3. The molecule has 6 saturated heterocycles. The van der Waals surface area contributed by atoms with Gasteiger partial charge < -0.3 is 88.2 Å². The van der Waals surface area contributed by atoms with Crippen molar-refractivity contribution in [2.45, 2.75) is 333 Å². The molecule has 7 unspecified atom stereocenters. The van der Waals surface area contributed by atoms with Crippen LogP contribution >= 0.6 is 0 Å². The van der Waals surface area contributed by atoms with Crippen LogP contribution in [0.5, 0.6) is 0 Å². The van der Waals surface area contributed by atoms with Crippen LogP contribution in [-0.4, -0.2) is 209 Å². The lowest BCUT2D eigenvalue weighted by Gasteiger charge is -2.49. The maximum absolute atomic E-state index is 14.2. The van der Waals surface area contributed by atoms with Gasteiger partial charge in [-0.15, -0.1) is 0 Å². The molecular formula is C76H120O24. The number of Topliss-reactive ketones (excluding diaryl/α,β-unsaturated/α-hetero) is 4. The monoisotopic (exact) mass is 1420 g/mol. The third-order valence-electron chi connectivity index (χ3n) is 25.1. The second-order valence-electron chi connectivity index (χ2n) is 31.2. The predicted molar refractivity (Wildman–Crippen MR) is 366 cm³/mol. The lowest BCUT2D eigenvalue weighted by Crippen LogP contribution is -2.60. The Balaban J connectivity index is 0.000000281. The maximum Gasteiger partial charge on any atom is 0.351 e. The average molecular weight is 1420 g/mol. The Morgan fingerprint density at radius 1 is 0.550 bits per heavy atom. The Bertz CT molecular complexity index is 2850. The van der Waals surface area contributed by atoms with Gasteiger partial charge in [-0.2, -0.15) is 0 Å². The second-order valence-corrected chi connectivity index (χ2v) is 31.2. The van der Waals surface area contributed by atoms with Crippen LogP contribution in [0.1, 0.15) is 214 Å². The van der Waals surface area contributed by atoms with Crippen molar-refractivity contribution < 1.29 is 117 Å². The third kappa shape index (κ3) is 16.1.